The molecule has 2 N–H and O–H groups in total. The van der Waals surface area contributed by atoms with Crippen molar-refractivity contribution in [3.05, 3.63) is 47.9 Å². The number of morpholine rings is 1. The fourth-order valence-electron chi connectivity index (χ4n) is 3.98. The van der Waals surface area contributed by atoms with E-state index in [9.17, 15) is 9.90 Å². The number of rotatable bonds is 4. The van der Waals surface area contributed by atoms with Crippen LogP contribution in [0.5, 0.6) is 5.75 Å². The molecule has 0 saturated carbocycles. The lowest BCUT2D eigenvalue weighted by atomic mass is 9.99. The molecule has 4 heterocycles. The van der Waals surface area contributed by atoms with Crippen LogP contribution in [0.1, 0.15) is 22.8 Å². The predicted octanol–water partition coefficient (Wildman–Crippen LogP) is 1.50. The smallest absolute Gasteiger partial charge is 0.261 e. The van der Waals surface area contributed by atoms with E-state index < -0.39 is 5.60 Å². The van der Waals surface area contributed by atoms with Crippen LogP contribution in [-0.2, 0) is 11.2 Å². The first-order valence-electron chi connectivity index (χ1n) is 9.95. The number of aliphatic hydroxyl groups excluding tert-OH is 1. The fraction of sp³-hybridized carbons (Fsp3) is 0.381. The molecule has 30 heavy (non-hydrogen) atoms. The van der Waals surface area contributed by atoms with E-state index in [4.69, 9.17) is 9.47 Å². The normalized spacial score (nSPS) is 20.8. The van der Waals surface area contributed by atoms with E-state index in [-0.39, 0.29) is 12.5 Å². The van der Waals surface area contributed by atoms with E-state index >= 15 is 0 Å². The molecule has 0 aliphatic carbocycles. The zero-order valence-electron chi connectivity index (χ0n) is 16.7. The Morgan fingerprint density at radius 3 is 2.97 bits per heavy atom. The van der Waals surface area contributed by atoms with Crippen molar-refractivity contribution in [3.8, 4) is 5.75 Å². The van der Waals surface area contributed by atoms with Gasteiger partial charge in [-0.15, -0.1) is 0 Å². The summed E-state index contributed by atoms with van der Waals surface area (Å²) in [6, 6.07) is 5.65. The lowest BCUT2D eigenvalue weighted by molar-refractivity contribution is 0.0446. The molecule has 9 heteroatoms. The number of carbonyl (C=O) groups is 1. The average Bonchev–Trinajstić information content (AvgIpc) is 3.34. The van der Waals surface area contributed by atoms with Gasteiger partial charge < -0.3 is 24.8 Å². The molecular weight excluding hydrogens is 386 g/mol. The number of nitrogens with zero attached hydrogens (tertiary/aromatic N) is 4. The number of hydrogen-bond donors (Lipinski definition) is 2. The van der Waals surface area contributed by atoms with Gasteiger partial charge in [-0.25, -0.2) is 9.50 Å². The standard InChI is InChI=1S/C21H23N5O4/c1-21(13-27)11-14-9-16(17(10-18(14)30-21)25-5-7-29-8-6-25)24-20(28)15-12-23-26-4-2-3-22-19(15)26/h2-4,9-10,12,27H,5-8,11,13H2,1H3,(H,24,28)/t21-/m1/s1. The first kappa shape index (κ1) is 18.8. The minimum Gasteiger partial charge on any atom is -0.484 e. The van der Waals surface area contributed by atoms with Gasteiger partial charge in [0.25, 0.3) is 5.91 Å². The van der Waals surface area contributed by atoms with E-state index in [1.54, 1.807) is 23.0 Å². The maximum Gasteiger partial charge on any atom is 0.261 e. The number of anilines is 2. The molecule has 1 atom stereocenters. The van der Waals surface area contributed by atoms with Gasteiger partial charge in [0.1, 0.15) is 16.9 Å². The van der Waals surface area contributed by atoms with Crippen LogP contribution in [0.3, 0.4) is 0 Å². The van der Waals surface area contributed by atoms with Crippen molar-refractivity contribution in [2.75, 3.05) is 43.1 Å². The Bertz CT molecular complexity index is 1110. The topological polar surface area (TPSA) is 101 Å². The highest BCUT2D eigenvalue weighted by atomic mass is 16.5. The van der Waals surface area contributed by atoms with Crippen LogP contribution in [0.2, 0.25) is 0 Å². The second-order valence-electron chi connectivity index (χ2n) is 7.86. The molecule has 2 aromatic heterocycles. The minimum atomic E-state index is -0.653. The van der Waals surface area contributed by atoms with Crippen molar-refractivity contribution in [3.63, 3.8) is 0 Å². The number of aliphatic hydroxyl groups is 1. The number of amides is 1. The molecule has 2 aliphatic rings. The van der Waals surface area contributed by atoms with Gasteiger partial charge in [-0.1, -0.05) is 0 Å². The number of carbonyl (C=O) groups excluding carboxylic acids is 1. The quantitative estimate of drug-likeness (QED) is 0.673. The molecule has 1 amide bonds. The second-order valence-corrected chi connectivity index (χ2v) is 7.86. The third kappa shape index (κ3) is 3.25. The summed E-state index contributed by atoms with van der Waals surface area (Å²) in [5, 5.41) is 17.0. The van der Waals surface area contributed by atoms with Crippen molar-refractivity contribution in [2.45, 2.75) is 18.9 Å². The first-order chi connectivity index (χ1) is 14.6. The maximum absolute atomic E-state index is 13.1. The van der Waals surface area contributed by atoms with Gasteiger partial charge >= 0.3 is 0 Å². The van der Waals surface area contributed by atoms with Crippen molar-refractivity contribution < 1.29 is 19.4 Å². The van der Waals surface area contributed by atoms with Gasteiger partial charge in [0.15, 0.2) is 5.65 Å². The Labute approximate surface area is 173 Å². The summed E-state index contributed by atoms with van der Waals surface area (Å²) in [6.07, 6.45) is 5.48. The number of hydrogen-bond acceptors (Lipinski definition) is 7. The number of nitrogens with one attached hydrogen (secondary N) is 1. The molecule has 0 unspecified atom stereocenters. The van der Waals surface area contributed by atoms with Gasteiger partial charge in [-0.05, 0) is 19.1 Å². The highest BCUT2D eigenvalue weighted by Crippen LogP contribution is 2.42. The van der Waals surface area contributed by atoms with Crippen molar-refractivity contribution in [1.82, 2.24) is 14.6 Å². The molecule has 3 aromatic rings. The zero-order chi connectivity index (χ0) is 20.7. The van der Waals surface area contributed by atoms with E-state index in [0.29, 0.717) is 36.5 Å². The Morgan fingerprint density at radius 1 is 1.33 bits per heavy atom. The number of benzene rings is 1. The van der Waals surface area contributed by atoms with Crippen molar-refractivity contribution in [2.24, 2.45) is 0 Å². The van der Waals surface area contributed by atoms with Crippen LogP contribution in [0.4, 0.5) is 11.4 Å². The van der Waals surface area contributed by atoms with E-state index in [1.807, 2.05) is 19.1 Å². The third-order valence-corrected chi connectivity index (χ3v) is 5.56. The highest BCUT2D eigenvalue weighted by molar-refractivity contribution is 6.09. The monoisotopic (exact) mass is 409 g/mol. The summed E-state index contributed by atoms with van der Waals surface area (Å²) in [5.41, 5.74) is 2.77. The number of ether oxygens (including phenoxy) is 2. The molecule has 0 spiro atoms. The minimum absolute atomic E-state index is 0.0790. The van der Waals surface area contributed by atoms with Crippen molar-refractivity contribution in [1.29, 1.82) is 0 Å². The zero-order valence-corrected chi connectivity index (χ0v) is 16.7. The van der Waals surface area contributed by atoms with Crippen molar-refractivity contribution >= 4 is 22.9 Å². The van der Waals surface area contributed by atoms with E-state index in [2.05, 4.69) is 20.3 Å². The Morgan fingerprint density at radius 2 is 2.17 bits per heavy atom. The molecule has 1 fully saturated rings. The lowest BCUT2D eigenvalue weighted by Gasteiger charge is -2.31. The second kappa shape index (κ2) is 7.26. The fourth-order valence-corrected chi connectivity index (χ4v) is 3.98. The molecule has 156 valence electrons. The SMILES string of the molecule is C[C@]1(CO)Cc2cc(NC(=O)c3cnn4cccnc34)c(N3CCOCC3)cc2O1. The first-order valence-corrected chi connectivity index (χ1v) is 9.95. The van der Waals surface area contributed by atoms with E-state index in [0.717, 1.165) is 30.1 Å². The summed E-state index contributed by atoms with van der Waals surface area (Å²) in [6.45, 7) is 4.48. The van der Waals surface area contributed by atoms with Crippen LogP contribution in [0, 0.1) is 0 Å². The highest BCUT2D eigenvalue weighted by Gasteiger charge is 2.35. The van der Waals surface area contributed by atoms with Crippen LogP contribution < -0.4 is 15.0 Å². The summed E-state index contributed by atoms with van der Waals surface area (Å²) >= 11 is 0. The molecule has 0 bridgehead atoms. The Hall–Kier alpha value is -3.17. The third-order valence-electron chi connectivity index (χ3n) is 5.56. The summed E-state index contributed by atoms with van der Waals surface area (Å²) < 4.78 is 13.1. The molecule has 5 rings (SSSR count). The summed E-state index contributed by atoms with van der Waals surface area (Å²) in [5.74, 6) is 0.464. The van der Waals surface area contributed by atoms with Gasteiger partial charge in [-0.3, -0.25) is 4.79 Å². The van der Waals surface area contributed by atoms with Gasteiger partial charge in [0.2, 0.25) is 0 Å². The van der Waals surface area contributed by atoms with Crippen LogP contribution in [0.25, 0.3) is 5.65 Å². The van der Waals surface area contributed by atoms with Gasteiger partial charge in [-0.2, -0.15) is 5.10 Å². The average molecular weight is 409 g/mol. The predicted molar refractivity (Wildman–Crippen MR) is 110 cm³/mol. The molecule has 1 saturated heterocycles. The Kier molecular flexibility index (Phi) is 4.56. The number of aromatic nitrogens is 3. The molecule has 2 aliphatic heterocycles. The van der Waals surface area contributed by atoms with Gasteiger partial charge in [0.05, 0.1) is 37.4 Å². The molecule has 9 nitrogen and oxygen atoms in total. The molecule has 0 radical (unpaired) electrons. The van der Waals surface area contributed by atoms with Crippen LogP contribution in [-0.4, -0.2) is 64.1 Å². The Balaban J connectivity index is 1.51. The molecule has 1 aromatic carbocycles. The lowest BCUT2D eigenvalue weighted by Crippen LogP contribution is -2.36. The molecular formula is C21H23N5O4. The van der Waals surface area contributed by atoms with Crippen LogP contribution >= 0.6 is 0 Å². The van der Waals surface area contributed by atoms with E-state index in [1.165, 1.54) is 6.20 Å². The van der Waals surface area contributed by atoms with Crippen LogP contribution in [0.15, 0.2) is 36.8 Å². The largest absolute Gasteiger partial charge is 0.484 e. The maximum atomic E-state index is 13.1. The number of fused-ring (bicyclic) bond motifs is 2. The summed E-state index contributed by atoms with van der Waals surface area (Å²) in [4.78, 5) is 19.5. The summed E-state index contributed by atoms with van der Waals surface area (Å²) in [7, 11) is 0. The van der Waals surface area contributed by atoms with Gasteiger partial charge in [0, 0.05) is 43.5 Å².